The minimum absolute atomic E-state index is 0.0163. The molecule has 1 aliphatic rings. The molecule has 2 rings (SSSR count). The number of rotatable bonds is 3. The maximum atomic E-state index is 7.70. The fourth-order valence-electron chi connectivity index (χ4n) is 2.50. The van der Waals surface area contributed by atoms with E-state index in [1.165, 1.54) is 0 Å². The first kappa shape index (κ1) is 13.9. The molecule has 20 heavy (non-hydrogen) atoms. The number of methoxy groups -OCH3 is 1. The molecule has 0 bridgehead atoms. The lowest BCUT2D eigenvalue weighted by Gasteiger charge is -2.14. The van der Waals surface area contributed by atoms with Crippen molar-refractivity contribution in [1.29, 1.82) is 5.41 Å². The molecule has 0 amide bonds. The van der Waals surface area contributed by atoms with Crippen molar-refractivity contribution in [3.63, 3.8) is 0 Å². The van der Waals surface area contributed by atoms with E-state index < -0.39 is 0 Å². The molecule has 7 nitrogen and oxygen atoms in total. The van der Waals surface area contributed by atoms with Gasteiger partial charge in [0.05, 0.1) is 12.8 Å². The number of ether oxygens (including phenoxy) is 1. The Morgan fingerprint density at radius 1 is 1.30 bits per heavy atom. The Labute approximate surface area is 117 Å². The lowest BCUT2D eigenvalue weighted by atomic mass is 9.96. The van der Waals surface area contributed by atoms with Gasteiger partial charge in [-0.05, 0) is 31.4 Å². The number of nitrogens with two attached hydrogens (primary N) is 3. The van der Waals surface area contributed by atoms with Gasteiger partial charge in [-0.3, -0.25) is 5.41 Å². The van der Waals surface area contributed by atoms with Gasteiger partial charge < -0.3 is 21.9 Å². The van der Waals surface area contributed by atoms with E-state index in [2.05, 4.69) is 10.2 Å². The van der Waals surface area contributed by atoms with E-state index in [0.29, 0.717) is 17.7 Å². The minimum Gasteiger partial charge on any atom is -0.496 e. The first-order chi connectivity index (χ1) is 9.45. The molecule has 0 aromatic heterocycles. The summed E-state index contributed by atoms with van der Waals surface area (Å²) in [6, 6.07) is 1.79. The van der Waals surface area contributed by atoms with Crippen molar-refractivity contribution in [3.8, 4) is 5.75 Å². The first-order valence-corrected chi connectivity index (χ1v) is 6.16. The van der Waals surface area contributed by atoms with Crippen molar-refractivity contribution >= 4 is 17.5 Å². The molecule has 0 aliphatic heterocycles. The number of nitrogens with zero attached hydrogens (tertiary/aromatic N) is 2. The Morgan fingerprint density at radius 3 is 2.55 bits per heavy atom. The second-order valence-corrected chi connectivity index (χ2v) is 4.59. The number of nitrogens with one attached hydrogen (secondary N) is 1. The van der Waals surface area contributed by atoms with Crippen LogP contribution in [0.15, 0.2) is 16.3 Å². The van der Waals surface area contributed by atoms with Crippen LogP contribution in [0.4, 0.5) is 0 Å². The Kier molecular flexibility index (Phi) is 3.60. The van der Waals surface area contributed by atoms with Gasteiger partial charge in [0.15, 0.2) is 0 Å². The van der Waals surface area contributed by atoms with Gasteiger partial charge in [0.1, 0.15) is 11.6 Å². The van der Waals surface area contributed by atoms with Gasteiger partial charge in [-0.25, -0.2) is 0 Å². The van der Waals surface area contributed by atoms with Crippen LogP contribution in [0.1, 0.15) is 28.7 Å². The van der Waals surface area contributed by atoms with E-state index >= 15 is 0 Å². The molecule has 0 radical (unpaired) electrons. The number of hydrogen-bond acceptors (Lipinski definition) is 4. The van der Waals surface area contributed by atoms with Gasteiger partial charge >= 0.3 is 0 Å². The second kappa shape index (κ2) is 5.20. The molecule has 1 aromatic rings. The van der Waals surface area contributed by atoms with Crippen LogP contribution in [0.5, 0.6) is 5.75 Å². The molecule has 0 spiro atoms. The number of fused-ring (bicyclic) bond motifs is 1. The highest BCUT2D eigenvalue weighted by Crippen LogP contribution is 2.34. The Bertz CT molecular complexity index is 628. The molecular weight excluding hydrogens is 256 g/mol. The van der Waals surface area contributed by atoms with Gasteiger partial charge in [-0.2, -0.15) is 5.10 Å². The number of amidine groups is 1. The molecule has 0 atom stereocenters. The van der Waals surface area contributed by atoms with Crippen molar-refractivity contribution in [2.24, 2.45) is 27.4 Å². The van der Waals surface area contributed by atoms with E-state index in [4.69, 9.17) is 27.3 Å². The standard InChI is InChI=1S/C13H18N6O/c1-6-10(20-2)5-8(12(14)15)7-3-4-9(11(6)7)18-19-13(16)17/h5H,3-4H2,1-2H3,(H3,14,15)(H4,16,17,19). The van der Waals surface area contributed by atoms with Crippen molar-refractivity contribution in [2.45, 2.75) is 19.8 Å². The summed E-state index contributed by atoms with van der Waals surface area (Å²) >= 11 is 0. The predicted octanol–water partition coefficient (Wildman–Crippen LogP) is 0.211. The average Bonchev–Trinajstić information content (AvgIpc) is 2.81. The summed E-state index contributed by atoms with van der Waals surface area (Å²) in [6.07, 6.45) is 1.47. The molecule has 106 valence electrons. The number of benzene rings is 1. The Balaban J connectivity index is 2.67. The van der Waals surface area contributed by atoms with Crippen LogP contribution < -0.4 is 21.9 Å². The third kappa shape index (κ3) is 2.29. The highest BCUT2D eigenvalue weighted by molar-refractivity contribution is 6.10. The Hall–Kier alpha value is -2.57. The molecule has 1 aromatic carbocycles. The molecule has 7 heteroatoms. The second-order valence-electron chi connectivity index (χ2n) is 4.59. The summed E-state index contributed by atoms with van der Waals surface area (Å²) < 4.78 is 5.34. The summed E-state index contributed by atoms with van der Waals surface area (Å²) in [5, 5.41) is 15.5. The van der Waals surface area contributed by atoms with Crippen molar-refractivity contribution in [3.05, 3.63) is 28.3 Å². The maximum Gasteiger partial charge on any atom is 0.211 e. The van der Waals surface area contributed by atoms with Crippen LogP contribution in [0.2, 0.25) is 0 Å². The lowest BCUT2D eigenvalue weighted by Crippen LogP contribution is -2.22. The van der Waals surface area contributed by atoms with Crippen molar-refractivity contribution < 1.29 is 4.74 Å². The highest BCUT2D eigenvalue weighted by atomic mass is 16.5. The maximum absolute atomic E-state index is 7.70. The summed E-state index contributed by atoms with van der Waals surface area (Å²) in [6.45, 7) is 1.94. The number of nitrogen functional groups attached to an aromatic ring is 1. The van der Waals surface area contributed by atoms with E-state index in [1.54, 1.807) is 13.2 Å². The van der Waals surface area contributed by atoms with Gasteiger partial charge in [0, 0.05) is 16.7 Å². The van der Waals surface area contributed by atoms with E-state index in [1.807, 2.05) is 6.92 Å². The molecule has 0 fully saturated rings. The quantitative estimate of drug-likeness (QED) is 0.356. The fourth-order valence-corrected chi connectivity index (χ4v) is 2.50. The first-order valence-electron chi connectivity index (χ1n) is 6.16. The monoisotopic (exact) mass is 274 g/mol. The largest absolute Gasteiger partial charge is 0.496 e. The van der Waals surface area contributed by atoms with Crippen LogP contribution in [-0.4, -0.2) is 24.6 Å². The van der Waals surface area contributed by atoms with Gasteiger partial charge in [0.2, 0.25) is 5.96 Å². The summed E-state index contributed by atoms with van der Waals surface area (Å²) in [7, 11) is 1.58. The average molecular weight is 274 g/mol. The van der Waals surface area contributed by atoms with Gasteiger partial charge in [-0.1, -0.05) is 0 Å². The molecule has 7 N–H and O–H groups in total. The van der Waals surface area contributed by atoms with E-state index in [9.17, 15) is 0 Å². The van der Waals surface area contributed by atoms with Crippen molar-refractivity contribution in [2.75, 3.05) is 7.11 Å². The lowest BCUT2D eigenvalue weighted by molar-refractivity contribution is 0.411. The molecule has 0 heterocycles. The normalized spacial score (nSPS) is 15.0. The van der Waals surface area contributed by atoms with Crippen LogP contribution in [-0.2, 0) is 6.42 Å². The summed E-state index contributed by atoms with van der Waals surface area (Å²) in [5.41, 5.74) is 20.6. The predicted molar refractivity (Wildman–Crippen MR) is 79.4 cm³/mol. The van der Waals surface area contributed by atoms with E-state index in [0.717, 1.165) is 28.8 Å². The number of guanidine groups is 1. The zero-order chi connectivity index (χ0) is 14.9. The van der Waals surface area contributed by atoms with E-state index in [-0.39, 0.29) is 11.8 Å². The highest BCUT2D eigenvalue weighted by Gasteiger charge is 2.26. The Morgan fingerprint density at radius 2 is 2.00 bits per heavy atom. The summed E-state index contributed by atoms with van der Waals surface area (Å²) in [5.74, 6) is 0.606. The zero-order valence-corrected chi connectivity index (χ0v) is 11.5. The minimum atomic E-state index is -0.0849. The molecular formula is C13H18N6O. The third-order valence-corrected chi connectivity index (χ3v) is 3.34. The molecule has 1 aliphatic carbocycles. The van der Waals surface area contributed by atoms with Crippen LogP contribution >= 0.6 is 0 Å². The smallest absolute Gasteiger partial charge is 0.211 e. The van der Waals surface area contributed by atoms with Gasteiger partial charge in [-0.15, -0.1) is 5.10 Å². The topological polar surface area (TPSA) is 136 Å². The molecule has 0 saturated carbocycles. The molecule has 0 unspecified atom stereocenters. The van der Waals surface area contributed by atoms with Crippen LogP contribution in [0.25, 0.3) is 0 Å². The van der Waals surface area contributed by atoms with Crippen LogP contribution in [0, 0.1) is 12.3 Å². The van der Waals surface area contributed by atoms with Gasteiger partial charge in [0.25, 0.3) is 0 Å². The SMILES string of the molecule is COc1cc(C(=N)N)c2c(c1C)C(=NN=C(N)N)CC2. The van der Waals surface area contributed by atoms with Crippen molar-refractivity contribution in [1.82, 2.24) is 0 Å². The fraction of sp³-hybridized carbons (Fsp3) is 0.308. The zero-order valence-electron chi connectivity index (χ0n) is 11.5. The van der Waals surface area contributed by atoms with Crippen LogP contribution in [0.3, 0.4) is 0 Å². The summed E-state index contributed by atoms with van der Waals surface area (Å²) in [4.78, 5) is 0. The number of hydrogen-bond donors (Lipinski definition) is 4. The molecule has 0 saturated heterocycles. The third-order valence-electron chi connectivity index (χ3n) is 3.34.